The van der Waals surface area contributed by atoms with E-state index < -0.39 is 10.0 Å². The van der Waals surface area contributed by atoms with Gasteiger partial charge in [-0.3, -0.25) is 9.59 Å². The summed E-state index contributed by atoms with van der Waals surface area (Å²) in [6.45, 7) is 5.07. The summed E-state index contributed by atoms with van der Waals surface area (Å²) >= 11 is 0. The maximum atomic E-state index is 12.9. The molecular weight excluding hydrogens is 378 g/mol. The summed E-state index contributed by atoms with van der Waals surface area (Å²) in [5, 5.41) is 2.68. The van der Waals surface area contributed by atoms with Crippen molar-refractivity contribution in [2.45, 2.75) is 31.7 Å². The van der Waals surface area contributed by atoms with Gasteiger partial charge < -0.3 is 9.88 Å². The van der Waals surface area contributed by atoms with Gasteiger partial charge in [-0.05, 0) is 48.6 Å². The van der Waals surface area contributed by atoms with E-state index in [0.717, 1.165) is 6.42 Å². The number of amides is 1. The Morgan fingerprint density at radius 3 is 2.32 bits per heavy atom. The topological polar surface area (TPSA) is 88.5 Å². The van der Waals surface area contributed by atoms with Crippen molar-refractivity contribution in [1.82, 2.24) is 8.87 Å². The molecule has 8 heteroatoms. The summed E-state index contributed by atoms with van der Waals surface area (Å²) < 4.78 is 28.6. The van der Waals surface area contributed by atoms with Crippen molar-refractivity contribution >= 4 is 21.6 Å². The minimum Gasteiger partial charge on any atom is -0.325 e. The van der Waals surface area contributed by atoms with Crippen molar-refractivity contribution in [3.63, 3.8) is 0 Å². The van der Waals surface area contributed by atoms with Gasteiger partial charge in [0.15, 0.2) is 0 Å². The summed E-state index contributed by atoms with van der Waals surface area (Å²) in [4.78, 5) is 24.0. The molecule has 1 N–H and O–H groups in total. The number of carbonyl (C=O) groups is 1. The van der Waals surface area contributed by atoms with Gasteiger partial charge in [0.25, 0.3) is 5.56 Å². The Morgan fingerprint density at radius 1 is 1.07 bits per heavy atom. The van der Waals surface area contributed by atoms with Gasteiger partial charge in [0.05, 0.1) is 4.90 Å². The first-order chi connectivity index (χ1) is 13.3. The van der Waals surface area contributed by atoms with Crippen LogP contribution in [0, 0.1) is 11.8 Å². The second-order valence-electron chi connectivity index (χ2n) is 7.51. The molecule has 0 spiro atoms. The van der Waals surface area contributed by atoms with E-state index in [2.05, 4.69) is 19.2 Å². The number of rotatable bonds is 5. The van der Waals surface area contributed by atoms with Crippen LogP contribution in [-0.4, -0.2) is 36.3 Å². The molecule has 1 aliphatic heterocycles. The van der Waals surface area contributed by atoms with Crippen molar-refractivity contribution in [1.29, 1.82) is 0 Å². The molecule has 2 heterocycles. The number of benzene rings is 1. The van der Waals surface area contributed by atoms with Crippen LogP contribution in [0.4, 0.5) is 5.69 Å². The molecule has 1 aromatic carbocycles. The van der Waals surface area contributed by atoms with Gasteiger partial charge >= 0.3 is 0 Å². The van der Waals surface area contributed by atoms with Crippen LogP contribution in [0.25, 0.3) is 0 Å². The van der Waals surface area contributed by atoms with Gasteiger partial charge in [-0.15, -0.1) is 0 Å². The molecule has 0 unspecified atom stereocenters. The van der Waals surface area contributed by atoms with Crippen molar-refractivity contribution in [2.75, 3.05) is 18.4 Å². The van der Waals surface area contributed by atoms with Gasteiger partial charge in [0.2, 0.25) is 15.9 Å². The summed E-state index contributed by atoms with van der Waals surface area (Å²) in [7, 11) is -3.55. The lowest BCUT2D eigenvalue weighted by Crippen LogP contribution is -2.42. The number of pyridine rings is 1. The Balaban J connectivity index is 1.68. The van der Waals surface area contributed by atoms with Gasteiger partial charge in [-0.1, -0.05) is 19.9 Å². The highest BCUT2D eigenvalue weighted by Gasteiger charge is 2.31. The third-order valence-corrected chi connectivity index (χ3v) is 6.67. The van der Waals surface area contributed by atoms with Crippen molar-refractivity contribution in [3.05, 3.63) is 59.0 Å². The van der Waals surface area contributed by atoms with Crippen LogP contribution >= 0.6 is 0 Å². The molecular formula is C20H25N3O4S. The molecule has 1 aromatic heterocycles. The van der Waals surface area contributed by atoms with Crippen LogP contribution in [0.2, 0.25) is 0 Å². The number of hydrogen-bond acceptors (Lipinski definition) is 4. The molecule has 1 fully saturated rings. The average Bonchev–Trinajstić information content (AvgIpc) is 2.63. The molecule has 7 nitrogen and oxygen atoms in total. The van der Waals surface area contributed by atoms with Crippen LogP contribution in [0.1, 0.15) is 20.3 Å². The molecule has 2 aromatic rings. The molecule has 3 rings (SSSR count). The lowest BCUT2D eigenvalue weighted by atomic mass is 9.94. The van der Waals surface area contributed by atoms with Crippen molar-refractivity contribution < 1.29 is 13.2 Å². The molecule has 28 heavy (non-hydrogen) atoms. The number of carbonyl (C=O) groups excluding carboxylic acids is 1. The third-order valence-electron chi connectivity index (χ3n) is 4.82. The van der Waals surface area contributed by atoms with Crippen molar-refractivity contribution in [2.24, 2.45) is 11.8 Å². The van der Waals surface area contributed by atoms with E-state index in [0.29, 0.717) is 30.6 Å². The first-order valence-corrected chi connectivity index (χ1v) is 10.8. The summed E-state index contributed by atoms with van der Waals surface area (Å²) in [5.41, 5.74) is 0.220. The highest BCUT2D eigenvalue weighted by molar-refractivity contribution is 7.89. The number of anilines is 1. The molecule has 0 aliphatic carbocycles. The number of aromatic nitrogens is 1. The summed E-state index contributed by atoms with van der Waals surface area (Å²) in [6, 6.07) is 10.8. The number of nitrogens with one attached hydrogen (secondary N) is 1. The monoisotopic (exact) mass is 403 g/mol. The van der Waals surface area contributed by atoms with Gasteiger partial charge in [-0.25, -0.2) is 8.42 Å². The van der Waals surface area contributed by atoms with Gasteiger partial charge in [0, 0.05) is 31.0 Å². The SMILES string of the molecule is C[C@@H]1C[C@H](C)CN(S(=O)(=O)c2ccc(NC(=O)Cn3ccccc3=O)cc2)C1. The van der Waals surface area contributed by atoms with E-state index in [9.17, 15) is 18.0 Å². The van der Waals surface area contributed by atoms with E-state index in [4.69, 9.17) is 0 Å². The molecule has 1 amide bonds. The van der Waals surface area contributed by atoms with E-state index in [1.54, 1.807) is 28.6 Å². The summed E-state index contributed by atoms with van der Waals surface area (Å²) in [5.74, 6) is 0.305. The minimum absolute atomic E-state index is 0.108. The molecule has 1 aliphatic rings. The van der Waals surface area contributed by atoms with Crippen LogP contribution in [0.3, 0.4) is 0 Å². The third kappa shape index (κ3) is 4.69. The Morgan fingerprint density at radius 2 is 1.71 bits per heavy atom. The largest absolute Gasteiger partial charge is 0.325 e. The highest BCUT2D eigenvalue weighted by atomic mass is 32.2. The fraction of sp³-hybridized carbons (Fsp3) is 0.400. The van der Waals surface area contributed by atoms with E-state index in [1.165, 1.54) is 29.0 Å². The normalized spacial score (nSPS) is 20.6. The number of piperidine rings is 1. The predicted octanol–water partition coefficient (Wildman–Crippen LogP) is 2.15. The minimum atomic E-state index is -3.55. The lowest BCUT2D eigenvalue weighted by molar-refractivity contribution is -0.116. The second-order valence-corrected chi connectivity index (χ2v) is 9.45. The molecule has 2 atom stereocenters. The quantitative estimate of drug-likeness (QED) is 0.829. The zero-order chi connectivity index (χ0) is 20.3. The fourth-order valence-corrected chi connectivity index (χ4v) is 5.29. The molecule has 0 saturated carbocycles. The first kappa shape index (κ1) is 20.3. The van der Waals surface area contributed by atoms with Crippen LogP contribution < -0.4 is 10.9 Å². The Labute approximate surface area is 165 Å². The number of sulfonamides is 1. The van der Waals surface area contributed by atoms with Crippen molar-refractivity contribution in [3.8, 4) is 0 Å². The van der Waals surface area contributed by atoms with Gasteiger partial charge in [0.1, 0.15) is 6.54 Å². The van der Waals surface area contributed by atoms with E-state index in [-0.39, 0.29) is 22.9 Å². The average molecular weight is 404 g/mol. The Kier molecular flexibility index (Phi) is 6.00. The smallest absolute Gasteiger partial charge is 0.250 e. The maximum absolute atomic E-state index is 12.9. The van der Waals surface area contributed by atoms with Crippen LogP contribution in [0.5, 0.6) is 0 Å². The maximum Gasteiger partial charge on any atom is 0.250 e. The van der Waals surface area contributed by atoms with E-state index >= 15 is 0 Å². The standard InChI is InChI=1S/C20H25N3O4S/c1-15-11-16(2)13-23(12-15)28(26,27)18-8-6-17(7-9-18)21-19(24)14-22-10-4-3-5-20(22)25/h3-10,15-16H,11-14H2,1-2H3,(H,21,24)/t15-,16+. The molecule has 0 bridgehead atoms. The lowest BCUT2D eigenvalue weighted by Gasteiger charge is -2.34. The fourth-order valence-electron chi connectivity index (χ4n) is 3.61. The number of nitrogens with zero attached hydrogens (tertiary/aromatic N) is 2. The zero-order valence-corrected chi connectivity index (χ0v) is 16.9. The Hall–Kier alpha value is -2.45. The molecule has 0 radical (unpaired) electrons. The Bertz CT molecular complexity index is 989. The van der Waals surface area contributed by atoms with Crippen LogP contribution in [-0.2, 0) is 21.4 Å². The predicted molar refractivity (Wildman–Crippen MR) is 107 cm³/mol. The highest BCUT2D eigenvalue weighted by Crippen LogP contribution is 2.27. The van der Waals surface area contributed by atoms with E-state index in [1.807, 2.05) is 0 Å². The second kappa shape index (κ2) is 8.28. The number of hydrogen-bond donors (Lipinski definition) is 1. The molecule has 1 saturated heterocycles. The van der Waals surface area contributed by atoms with Gasteiger partial charge in [-0.2, -0.15) is 4.31 Å². The summed E-state index contributed by atoms with van der Waals surface area (Å²) in [6.07, 6.45) is 2.57. The first-order valence-electron chi connectivity index (χ1n) is 9.31. The zero-order valence-electron chi connectivity index (χ0n) is 16.0. The molecule has 150 valence electrons. The van der Waals surface area contributed by atoms with Crippen LogP contribution in [0.15, 0.2) is 58.4 Å².